The molecule has 0 aliphatic rings. The van der Waals surface area contributed by atoms with Crippen molar-refractivity contribution in [2.45, 2.75) is 0 Å². The summed E-state index contributed by atoms with van der Waals surface area (Å²) in [5.74, 6) is 3.39. The lowest BCUT2D eigenvalue weighted by Gasteiger charge is -2.19. The summed E-state index contributed by atoms with van der Waals surface area (Å²) < 4.78 is 6.24. The molecule has 1 aromatic heterocycles. The average molecular weight is 662 g/mol. The zero-order valence-electron chi connectivity index (χ0n) is 27.2. The highest BCUT2D eigenvalue weighted by atomic mass is 31.1. The zero-order valence-corrected chi connectivity index (χ0v) is 28.1. The van der Waals surface area contributed by atoms with Crippen molar-refractivity contribution in [2.24, 2.45) is 0 Å². The van der Waals surface area contributed by atoms with E-state index in [4.69, 9.17) is 19.7 Å². The van der Waals surface area contributed by atoms with Crippen LogP contribution in [0.15, 0.2) is 194 Å². The van der Waals surface area contributed by atoms with Crippen molar-refractivity contribution in [3.05, 3.63) is 194 Å². The first kappa shape index (κ1) is 31.1. The Morgan fingerprint density at radius 2 is 0.580 bits per heavy atom. The molecular formula is C45H32N3OP. The van der Waals surface area contributed by atoms with E-state index in [2.05, 4.69) is 97.1 Å². The Hall–Kier alpha value is -6.22. The third-order valence-corrected chi connectivity index (χ3v) is 10.8. The first-order valence-corrected chi connectivity index (χ1v) is 17.9. The van der Waals surface area contributed by atoms with Gasteiger partial charge in [0.05, 0.1) is 0 Å². The maximum atomic E-state index is 6.24. The minimum absolute atomic E-state index is 0.611. The van der Waals surface area contributed by atoms with Crippen LogP contribution in [0.3, 0.4) is 0 Å². The van der Waals surface area contributed by atoms with E-state index in [1.165, 1.54) is 21.5 Å². The smallest absolute Gasteiger partial charge is 0.164 e. The van der Waals surface area contributed by atoms with Crippen LogP contribution in [0.1, 0.15) is 0 Å². The lowest BCUT2D eigenvalue weighted by atomic mass is 10.1. The predicted molar refractivity (Wildman–Crippen MR) is 207 cm³/mol. The second kappa shape index (κ2) is 14.5. The normalized spacial score (nSPS) is 11.0. The molecule has 0 saturated heterocycles. The zero-order chi connectivity index (χ0) is 33.5. The molecule has 8 rings (SSSR count). The van der Waals surface area contributed by atoms with Gasteiger partial charge in [0.1, 0.15) is 11.5 Å². The van der Waals surface area contributed by atoms with Crippen LogP contribution in [0.25, 0.3) is 45.3 Å². The molecule has 0 saturated carbocycles. The topological polar surface area (TPSA) is 47.9 Å². The third-order valence-electron chi connectivity index (χ3n) is 8.39. The molecule has 4 nitrogen and oxygen atoms in total. The van der Waals surface area contributed by atoms with E-state index < -0.39 is 7.92 Å². The number of rotatable bonds is 9. The van der Waals surface area contributed by atoms with Crippen LogP contribution >= 0.6 is 7.92 Å². The van der Waals surface area contributed by atoms with Gasteiger partial charge in [-0.2, -0.15) is 0 Å². The lowest BCUT2D eigenvalue weighted by Crippen LogP contribution is -2.20. The maximum absolute atomic E-state index is 6.24. The predicted octanol–water partition coefficient (Wildman–Crippen LogP) is 10.1. The van der Waals surface area contributed by atoms with Gasteiger partial charge in [0.15, 0.2) is 17.5 Å². The van der Waals surface area contributed by atoms with Gasteiger partial charge in [0.25, 0.3) is 0 Å². The van der Waals surface area contributed by atoms with Crippen molar-refractivity contribution in [3.63, 3.8) is 0 Å². The Bertz CT molecular complexity index is 2200. The molecule has 0 unspecified atom stereocenters. The Kier molecular flexibility index (Phi) is 9.01. The summed E-state index contributed by atoms with van der Waals surface area (Å²) in [7, 11) is -0.634. The molecule has 0 aliphatic heterocycles. The Balaban J connectivity index is 0.996. The molecule has 50 heavy (non-hydrogen) atoms. The first-order chi connectivity index (χ1) is 24.8. The van der Waals surface area contributed by atoms with Crippen LogP contribution in [-0.4, -0.2) is 15.0 Å². The van der Waals surface area contributed by atoms with Gasteiger partial charge in [-0.3, -0.25) is 0 Å². The number of hydrogen-bond donors (Lipinski definition) is 0. The Morgan fingerprint density at radius 1 is 0.280 bits per heavy atom. The summed E-state index contributed by atoms with van der Waals surface area (Å²) in [6.07, 6.45) is 0. The van der Waals surface area contributed by atoms with Crippen molar-refractivity contribution < 1.29 is 4.74 Å². The van der Waals surface area contributed by atoms with E-state index in [1.54, 1.807) is 0 Å². The molecular weight excluding hydrogens is 629 g/mol. The summed E-state index contributed by atoms with van der Waals surface area (Å²) >= 11 is 0. The fraction of sp³-hybridized carbons (Fsp3) is 0. The van der Waals surface area contributed by atoms with Crippen LogP contribution in [0.5, 0.6) is 11.5 Å². The molecule has 7 aromatic carbocycles. The van der Waals surface area contributed by atoms with Crippen molar-refractivity contribution in [1.82, 2.24) is 15.0 Å². The van der Waals surface area contributed by atoms with Crippen molar-refractivity contribution in [3.8, 4) is 56.8 Å². The van der Waals surface area contributed by atoms with Gasteiger partial charge < -0.3 is 4.74 Å². The fourth-order valence-corrected chi connectivity index (χ4v) is 8.15. The molecule has 5 heteroatoms. The SMILES string of the molecule is c1ccc(-c2nc(-c3ccccc3)nc(-c3ccc(Oc4ccc(-c5ccc(P(c6ccccc6)c6ccccc6)cc5)cc4)cc3)n2)cc1. The van der Waals surface area contributed by atoms with E-state index in [9.17, 15) is 0 Å². The van der Waals surface area contributed by atoms with Gasteiger partial charge in [-0.1, -0.05) is 158 Å². The Labute approximate surface area is 293 Å². The first-order valence-electron chi connectivity index (χ1n) is 16.5. The summed E-state index contributed by atoms with van der Waals surface area (Å²) in [4.78, 5) is 14.5. The summed E-state index contributed by atoms with van der Waals surface area (Å²) in [6, 6.07) is 66.7. The highest BCUT2D eigenvalue weighted by Crippen LogP contribution is 2.34. The van der Waals surface area contributed by atoms with Gasteiger partial charge in [0.2, 0.25) is 0 Å². The van der Waals surface area contributed by atoms with E-state index in [0.29, 0.717) is 17.5 Å². The van der Waals surface area contributed by atoms with E-state index >= 15 is 0 Å². The molecule has 0 atom stereocenters. The quantitative estimate of drug-likeness (QED) is 0.145. The van der Waals surface area contributed by atoms with Gasteiger partial charge in [0, 0.05) is 16.7 Å². The van der Waals surface area contributed by atoms with Gasteiger partial charge >= 0.3 is 0 Å². The monoisotopic (exact) mass is 661 g/mol. The number of ether oxygens (including phenoxy) is 1. The van der Waals surface area contributed by atoms with Crippen molar-refractivity contribution >= 4 is 23.8 Å². The lowest BCUT2D eigenvalue weighted by molar-refractivity contribution is 0.483. The fourth-order valence-electron chi connectivity index (χ4n) is 5.87. The van der Waals surface area contributed by atoms with Crippen LogP contribution in [-0.2, 0) is 0 Å². The Morgan fingerprint density at radius 3 is 0.980 bits per heavy atom. The second-order valence-corrected chi connectivity index (χ2v) is 14.0. The molecule has 1 heterocycles. The molecule has 0 fully saturated rings. The number of nitrogens with zero attached hydrogens (tertiary/aromatic N) is 3. The summed E-state index contributed by atoms with van der Waals surface area (Å²) in [6.45, 7) is 0. The maximum Gasteiger partial charge on any atom is 0.164 e. The molecule has 0 aliphatic carbocycles. The van der Waals surface area contributed by atoms with Gasteiger partial charge in [-0.25, -0.2) is 15.0 Å². The molecule has 0 N–H and O–H groups in total. The number of benzene rings is 7. The third kappa shape index (κ3) is 6.98. The van der Waals surface area contributed by atoms with Crippen LogP contribution in [0, 0.1) is 0 Å². The van der Waals surface area contributed by atoms with Gasteiger partial charge in [-0.05, 0) is 71.4 Å². The van der Waals surface area contributed by atoms with Crippen LogP contribution in [0.4, 0.5) is 0 Å². The second-order valence-electron chi connectivity index (χ2n) is 11.7. The molecule has 0 spiro atoms. The average Bonchev–Trinajstić information content (AvgIpc) is 3.20. The molecule has 0 amide bonds. The highest BCUT2D eigenvalue weighted by Gasteiger charge is 2.16. The molecule has 0 radical (unpaired) electrons. The molecule has 238 valence electrons. The van der Waals surface area contributed by atoms with E-state index in [1.807, 2.05) is 97.1 Å². The minimum atomic E-state index is -0.634. The summed E-state index contributed by atoms with van der Waals surface area (Å²) in [5, 5.41) is 4.02. The minimum Gasteiger partial charge on any atom is -0.457 e. The van der Waals surface area contributed by atoms with E-state index in [-0.39, 0.29) is 0 Å². The number of hydrogen-bond acceptors (Lipinski definition) is 4. The van der Waals surface area contributed by atoms with Crippen molar-refractivity contribution in [1.29, 1.82) is 0 Å². The largest absolute Gasteiger partial charge is 0.457 e. The van der Waals surface area contributed by atoms with E-state index in [0.717, 1.165) is 33.8 Å². The molecule has 8 aromatic rings. The number of aromatic nitrogens is 3. The molecule has 0 bridgehead atoms. The summed E-state index contributed by atoms with van der Waals surface area (Å²) in [5.41, 5.74) is 5.08. The highest BCUT2D eigenvalue weighted by molar-refractivity contribution is 7.79. The van der Waals surface area contributed by atoms with Crippen LogP contribution in [0.2, 0.25) is 0 Å². The van der Waals surface area contributed by atoms with Crippen LogP contribution < -0.4 is 20.7 Å². The van der Waals surface area contributed by atoms with Crippen molar-refractivity contribution in [2.75, 3.05) is 0 Å². The standard InChI is InChI=1S/C45H32N3OP/c1-5-13-35(14-6-1)43-46-44(36-15-7-2-8-16-36)48-45(47-43)37-23-29-39(30-24-37)49-38-27-21-33(22-28-38)34-25-31-42(32-26-34)50(40-17-9-3-10-18-40)41-19-11-4-12-20-41/h1-32H. The van der Waals surface area contributed by atoms with Gasteiger partial charge in [-0.15, -0.1) is 0 Å².